The average Bonchev–Trinajstić information content (AvgIpc) is 3.01. The molecule has 1 aromatic heterocycles. The molecule has 0 aliphatic heterocycles. The van der Waals surface area contributed by atoms with E-state index in [4.69, 9.17) is 5.26 Å². The number of rotatable bonds is 5. The quantitative estimate of drug-likeness (QED) is 0.718. The smallest absolute Gasteiger partial charge is 0.142 e. The van der Waals surface area contributed by atoms with E-state index < -0.39 is 0 Å². The van der Waals surface area contributed by atoms with Gasteiger partial charge >= 0.3 is 0 Å². The van der Waals surface area contributed by atoms with Gasteiger partial charge in [0.1, 0.15) is 17.5 Å². The summed E-state index contributed by atoms with van der Waals surface area (Å²) in [4.78, 5) is 0. The van der Waals surface area contributed by atoms with Gasteiger partial charge in [-0.15, -0.1) is 0 Å². The van der Waals surface area contributed by atoms with Crippen molar-refractivity contribution in [1.82, 2.24) is 15.1 Å². The summed E-state index contributed by atoms with van der Waals surface area (Å²) in [6.07, 6.45) is 2.60. The Kier molecular flexibility index (Phi) is 3.11. The van der Waals surface area contributed by atoms with Crippen LogP contribution >= 0.6 is 0 Å². The maximum Gasteiger partial charge on any atom is 0.142 e. The summed E-state index contributed by atoms with van der Waals surface area (Å²) >= 11 is 0. The van der Waals surface area contributed by atoms with Crippen molar-refractivity contribution < 1.29 is 0 Å². The molecule has 0 aromatic carbocycles. The maximum atomic E-state index is 9.01. The van der Waals surface area contributed by atoms with Gasteiger partial charge in [-0.25, -0.2) is 0 Å². The van der Waals surface area contributed by atoms with Gasteiger partial charge in [0.05, 0.1) is 5.69 Å². The first-order valence-electron chi connectivity index (χ1n) is 5.63. The second kappa shape index (κ2) is 4.54. The van der Waals surface area contributed by atoms with Gasteiger partial charge in [0.15, 0.2) is 0 Å². The largest absolute Gasteiger partial charge is 0.368 e. The normalized spacial score (nSPS) is 14.8. The van der Waals surface area contributed by atoms with Crippen molar-refractivity contribution in [2.45, 2.75) is 25.8 Å². The van der Waals surface area contributed by atoms with Crippen LogP contribution in [0.4, 0.5) is 5.82 Å². The summed E-state index contributed by atoms with van der Waals surface area (Å²) < 4.78 is 1.73. The van der Waals surface area contributed by atoms with Crippen molar-refractivity contribution >= 4 is 5.82 Å². The zero-order valence-corrected chi connectivity index (χ0v) is 9.75. The fourth-order valence-corrected chi connectivity index (χ4v) is 1.74. The highest BCUT2D eigenvalue weighted by atomic mass is 15.3. The van der Waals surface area contributed by atoms with Crippen LogP contribution in [0.1, 0.15) is 24.1 Å². The van der Waals surface area contributed by atoms with Crippen LogP contribution in [0, 0.1) is 18.3 Å². The summed E-state index contributed by atoms with van der Waals surface area (Å²) in [6.45, 7) is 3.61. The van der Waals surface area contributed by atoms with Gasteiger partial charge in [-0.3, -0.25) is 4.68 Å². The monoisotopic (exact) mass is 219 g/mol. The van der Waals surface area contributed by atoms with E-state index in [9.17, 15) is 0 Å². The van der Waals surface area contributed by atoms with E-state index in [1.807, 2.05) is 14.0 Å². The number of aromatic nitrogens is 2. The zero-order valence-electron chi connectivity index (χ0n) is 9.75. The van der Waals surface area contributed by atoms with E-state index in [0.717, 1.165) is 30.6 Å². The predicted molar refractivity (Wildman–Crippen MR) is 62.2 cm³/mol. The van der Waals surface area contributed by atoms with Crippen molar-refractivity contribution in [1.29, 1.82) is 5.26 Å². The molecule has 5 nitrogen and oxygen atoms in total. The standard InChI is InChI=1S/C11H17N5/c1-8-10(7-12)11(16(2)15-8)14-6-5-13-9-3-4-9/h9,13-14H,3-6H2,1-2H3. The molecule has 1 aromatic rings. The Morgan fingerprint density at radius 1 is 1.50 bits per heavy atom. The van der Waals surface area contributed by atoms with Crippen molar-refractivity contribution in [3.8, 4) is 6.07 Å². The number of hydrogen-bond acceptors (Lipinski definition) is 4. The molecule has 1 heterocycles. The fraction of sp³-hybridized carbons (Fsp3) is 0.636. The first-order chi connectivity index (χ1) is 7.72. The Morgan fingerprint density at radius 2 is 2.25 bits per heavy atom. The number of nitriles is 1. The molecule has 0 amide bonds. The van der Waals surface area contributed by atoms with Crippen molar-refractivity contribution in [2.24, 2.45) is 7.05 Å². The number of anilines is 1. The van der Waals surface area contributed by atoms with E-state index in [2.05, 4.69) is 21.8 Å². The maximum absolute atomic E-state index is 9.01. The first kappa shape index (κ1) is 11.0. The molecule has 2 rings (SSSR count). The van der Waals surface area contributed by atoms with Crippen LogP contribution in [-0.4, -0.2) is 28.9 Å². The minimum Gasteiger partial charge on any atom is -0.368 e. The summed E-state index contributed by atoms with van der Waals surface area (Å²) in [5, 5.41) is 19.9. The van der Waals surface area contributed by atoms with Gasteiger partial charge in [0.2, 0.25) is 0 Å². The molecule has 1 saturated carbocycles. The van der Waals surface area contributed by atoms with Crippen LogP contribution in [-0.2, 0) is 7.05 Å². The zero-order chi connectivity index (χ0) is 11.5. The van der Waals surface area contributed by atoms with Crippen molar-refractivity contribution in [3.05, 3.63) is 11.3 Å². The molecule has 0 bridgehead atoms. The third kappa shape index (κ3) is 2.34. The molecule has 1 fully saturated rings. The Labute approximate surface area is 95.4 Å². The first-order valence-corrected chi connectivity index (χ1v) is 5.63. The minimum absolute atomic E-state index is 0.647. The molecule has 0 atom stereocenters. The molecule has 16 heavy (non-hydrogen) atoms. The summed E-state index contributed by atoms with van der Waals surface area (Å²) in [5.74, 6) is 0.817. The number of nitrogens with one attached hydrogen (secondary N) is 2. The van der Waals surface area contributed by atoms with Crippen LogP contribution in [0.25, 0.3) is 0 Å². The predicted octanol–water partition coefficient (Wildman–Crippen LogP) is 0.764. The van der Waals surface area contributed by atoms with E-state index in [1.165, 1.54) is 12.8 Å². The van der Waals surface area contributed by atoms with Gasteiger partial charge in [-0.1, -0.05) is 0 Å². The van der Waals surface area contributed by atoms with Gasteiger partial charge in [0, 0.05) is 26.2 Å². The number of hydrogen-bond donors (Lipinski definition) is 2. The van der Waals surface area contributed by atoms with E-state index in [-0.39, 0.29) is 0 Å². The highest BCUT2D eigenvalue weighted by molar-refractivity contribution is 5.54. The van der Waals surface area contributed by atoms with Gasteiger partial charge in [-0.05, 0) is 19.8 Å². The van der Waals surface area contributed by atoms with Crippen LogP contribution < -0.4 is 10.6 Å². The molecule has 1 aliphatic carbocycles. The lowest BCUT2D eigenvalue weighted by molar-refractivity contribution is 0.693. The lowest BCUT2D eigenvalue weighted by Gasteiger charge is -2.07. The third-order valence-corrected chi connectivity index (χ3v) is 2.76. The Hall–Kier alpha value is -1.54. The molecule has 5 heteroatoms. The highest BCUT2D eigenvalue weighted by Gasteiger charge is 2.19. The molecule has 2 N–H and O–H groups in total. The SMILES string of the molecule is Cc1nn(C)c(NCCNC2CC2)c1C#N. The van der Waals surface area contributed by atoms with Crippen LogP contribution in [0.5, 0.6) is 0 Å². The van der Waals surface area contributed by atoms with Crippen LogP contribution in [0.15, 0.2) is 0 Å². The molecular formula is C11H17N5. The van der Waals surface area contributed by atoms with E-state index in [0.29, 0.717) is 5.56 Å². The lowest BCUT2D eigenvalue weighted by Crippen LogP contribution is -2.24. The van der Waals surface area contributed by atoms with Crippen molar-refractivity contribution in [3.63, 3.8) is 0 Å². The molecule has 0 saturated heterocycles. The molecule has 86 valence electrons. The second-order valence-corrected chi connectivity index (χ2v) is 4.20. The van der Waals surface area contributed by atoms with Crippen molar-refractivity contribution in [2.75, 3.05) is 18.4 Å². The van der Waals surface area contributed by atoms with Gasteiger partial charge in [-0.2, -0.15) is 10.4 Å². The van der Waals surface area contributed by atoms with E-state index >= 15 is 0 Å². The van der Waals surface area contributed by atoms with Gasteiger partial charge < -0.3 is 10.6 Å². The Morgan fingerprint density at radius 3 is 2.88 bits per heavy atom. The molecule has 0 radical (unpaired) electrons. The average molecular weight is 219 g/mol. The lowest BCUT2D eigenvalue weighted by atomic mass is 10.2. The van der Waals surface area contributed by atoms with Crippen LogP contribution in [0.3, 0.4) is 0 Å². The summed E-state index contributed by atoms with van der Waals surface area (Å²) in [7, 11) is 1.85. The number of aryl methyl sites for hydroxylation is 2. The Bertz CT molecular complexity index is 411. The molecule has 1 aliphatic rings. The third-order valence-electron chi connectivity index (χ3n) is 2.76. The highest BCUT2D eigenvalue weighted by Crippen LogP contribution is 2.18. The summed E-state index contributed by atoms with van der Waals surface area (Å²) in [5.41, 5.74) is 1.43. The Balaban J connectivity index is 1.89. The number of nitrogens with zero attached hydrogens (tertiary/aromatic N) is 3. The molecule has 0 unspecified atom stereocenters. The molecular weight excluding hydrogens is 202 g/mol. The van der Waals surface area contributed by atoms with E-state index in [1.54, 1.807) is 4.68 Å². The minimum atomic E-state index is 0.647. The summed E-state index contributed by atoms with van der Waals surface area (Å²) in [6, 6.07) is 2.91. The fourth-order valence-electron chi connectivity index (χ4n) is 1.74. The molecule has 0 spiro atoms. The van der Waals surface area contributed by atoms with Gasteiger partial charge in [0.25, 0.3) is 0 Å². The second-order valence-electron chi connectivity index (χ2n) is 4.20. The topological polar surface area (TPSA) is 65.7 Å². The van der Waals surface area contributed by atoms with Crippen LogP contribution in [0.2, 0.25) is 0 Å².